The van der Waals surface area contributed by atoms with Crippen LogP contribution in [-0.2, 0) is 11.2 Å². The molecule has 0 N–H and O–H groups in total. The van der Waals surface area contributed by atoms with Crippen LogP contribution in [0.15, 0.2) is 24.3 Å². The highest BCUT2D eigenvalue weighted by Gasteiger charge is 2.45. The number of hydrogen-bond acceptors (Lipinski definition) is 1. The highest BCUT2D eigenvalue weighted by Crippen LogP contribution is 2.48. The van der Waals surface area contributed by atoms with E-state index in [1.54, 1.807) is 0 Å². The first kappa shape index (κ1) is 6.41. The average Bonchev–Trinajstić information content (AvgIpc) is 2.35. The van der Waals surface area contributed by atoms with Crippen LogP contribution in [0.5, 0.6) is 0 Å². The second-order valence-electron chi connectivity index (χ2n) is 3.81. The van der Waals surface area contributed by atoms with Gasteiger partial charge >= 0.3 is 0 Å². The predicted molar refractivity (Wildman–Crippen MR) is 46.0 cm³/mol. The predicted octanol–water partition coefficient (Wildman–Crippen LogP) is 1.92. The van der Waals surface area contributed by atoms with Gasteiger partial charge in [-0.15, -0.1) is 0 Å². The highest BCUT2D eigenvalue weighted by molar-refractivity contribution is 5.93. The van der Waals surface area contributed by atoms with E-state index >= 15 is 0 Å². The van der Waals surface area contributed by atoms with Gasteiger partial charge in [0.2, 0.25) is 0 Å². The van der Waals surface area contributed by atoms with E-state index in [0.29, 0.717) is 11.7 Å². The number of carbonyl (C=O) groups excluding carboxylic acids is 1. The smallest absolute Gasteiger partial charge is 0.140 e. The van der Waals surface area contributed by atoms with Gasteiger partial charge in [0, 0.05) is 12.3 Å². The molecule has 1 heteroatoms. The fraction of sp³-hybridized carbons (Fsp3) is 0.364. The van der Waals surface area contributed by atoms with Gasteiger partial charge in [-0.1, -0.05) is 24.3 Å². The van der Waals surface area contributed by atoms with Crippen molar-refractivity contribution in [3.8, 4) is 0 Å². The molecular formula is C11H10O. The third kappa shape index (κ3) is 0.619. The Bertz CT molecular complexity index is 354. The molecule has 0 amide bonds. The number of hydrogen-bond donors (Lipinski definition) is 0. The minimum atomic E-state index is 0.279. The van der Waals surface area contributed by atoms with Crippen molar-refractivity contribution in [2.45, 2.75) is 18.8 Å². The first-order chi connectivity index (χ1) is 5.86. The minimum Gasteiger partial charge on any atom is -0.299 e. The Balaban J connectivity index is 2.14. The maximum absolute atomic E-state index is 11.3. The molecule has 0 radical (unpaired) electrons. The molecule has 1 aromatic rings. The summed E-state index contributed by atoms with van der Waals surface area (Å²) in [4.78, 5) is 11.3. The number of rotatable bonds is 0. The molecule has 1 fully saturated rings. The SMILES string of the molecule is O=C1CC2Cc3ccccc3C12. The summed E-state index contributed by atoms with van der Waals surface area (Å²) in [5.74, 6) is 1.38. The molecule has 0 heterocycles. The number of carbonyl (C=O) groups is 1. The zero-order valence-corrected chi connectivity index (χ0v) is 6.79. The lowest BCUT2D eigenvalue weighted by Crippen LogP contribution is -2.31. The Labute approximate surface area is 71.4 Å². The van der Waals surface area contributed by atoms with E-state index in [-0.39, 0.29) is 5.92 Å². The summed E-state index contributed by atoms with van der Waals surface area (Å²) in [6.07, 6.45) is 1.95. The maximum atomic E-state index is 11.3. The molecule has 2 aliphatic rings. The lowest BCUT2D eigenvalue weighted by molar-refractivity contribution is -0.128. The Kier molecular flexibility index (Phi) is 1.06. The molecular weight excluding hydrogens is 148 g/mol. The van der Waals surface area contributed by atoms with Gasteiger partial charge in [0.15, 0.2) is 0 Å². The number of ketones is 1. The number of benzene rings is 1. The summed E-state index contributed by atoms with van der Waals surface area (Å²) in [6, 6.07) is 8.36. The Morgan fingerprint density at radius 2 is 2.00 bits per heavy atom. The number of Topliss-reactive ketones (excluding diaryl/α,β-unsaturated/α-hetero) is 1. The van der Waals surface area contributed by atoms with E-state index in [2.05, 4.69) is 18.2 Å². The molecule has 0 aliphatic heterocycles. The Hall–Kier alpha value is -1.11. The summed E-state index contributed by atoms with van der Waals surface area (Å²) in [7, 11) is 0. The molecule has 1 saturated carbocycles. The second kappa shape index (κ2) is 1.98. The van der Waals surface area contributed by atoms with Crippen LogP contribution in [0.25, 0.3) is 0 Å². The van der Waals surface area contributed by atoms with Crippen LogP contribution in [0.2, 0.25) is 0 Å². The topological polar surface area (TPSA) is 17.1 Å². The van der Waals surface area contributed by atoms with Gasteiger partial charge in [0.1, 0.15) is 5.78 Å². The van der Waals surface area contributed by atoms with Crippen LogP contribution < -0.4 is 0 Å². The molecule has 0 spiro atoms. The van der Waals surface area contributed by atoms with Crippen LogP contribution in [0, 0.1) is 5.92 Å². The van der Waals surface area contributed by atoms with E-state index in [1.165, 1.54) is 11.1 Å². The molecule has 2 atom stereocenters. The second-order valence-corrected chi connectivity index (χ2v) is 3.81. The highest BCUT2D eigenvalue weighted by atomic mass is 16.1. The summed E-state index contributed by atoms with van der Waals surface area (Å²) in [6.45, 7) is 0. The molecule has 0 bridgehead atoms. The van der Waals surface area contributed by atoms with Crippen molar-refractivity contribution < 1.29 is 4.79 Å². The van der Waals surface area contributed by atoms with Crippen molar-refractivity contribution in [2.75, 3.05) is 0 Å². The van der Waals surface area contributed by atoms with Gasteiger partial charge in [-0.25, -0.2) is 0 Å². The van der Waals surface area contributed by atoms with Crippen molar-refractivity contribution >= 4 is 5.78 Å². The van der Waals surface area contributed by atoms with Crippen LogP contribution in [0.4, 0.5) is 0 Å². The normalized spacial score (nSPS) is 30.8. The fourth-order valence-electron chi connectivity index (χ4n) is 2.53. The van der Waals surface area contributed by atoms with Gasteiger partial charge < -0.3 is 0 Å². The van der Waals surface area contributed by atoms with E-state index in [0.717, 1.165) is 12.8 Å². The van der Waals surface area contributed by atoms with Crippen LogP contribution in [0.1, 0.15) is 23.5 Å². The first-order valence-corrected chi connectivity index (χ1v) is 4.47. The lowest BCUT2D eigenvalue weighted by atomic mass is 9.73. The maximum Gasteiger partial charge on any atom is 0.140 e. The van der Waals surface area contributed by atoms with Crippen molar-refractivity contribution in [2.24, 2.45) is 5.92 Å². The van der Waals surface area contributed by atoms with Crippen molar-refractivity contribution in [3.05, 3.63) is 35.4 Å². The summed E-state index contributed by atoms with van der Waals surface area (Å²) in [5, 5.41) is 0. The van der Waals surface area contributed by atoms with Crippen LogP contribution >= 0.6 is 0 Å². The van der Waals surface area contributed by atoms with E-state index in [4.69, 9.17) is 0 Å². The summed E-state index contributed by atoms with van der Waals surface area (Å²) in [5.41, 5.74) is 2.71. The molecule has 60 valence electrons. The third-order valence-corrected chi connectivity index (χ3v) is 3.15. The third-order valence-electron chi connectivity index (χ3n) is 3.15. The minimum absolute atomic E-state index is 0.279. The monoisotopic (exact) mass is 158 g/mol. The van der Waals surface area contributed by atoms with E-state index in [9.17, 15) is 4.79 Å². The van der Waals surface area contributed by atoms with Crippen molar-refractivity contribution in [3.63, 3.8) is 0 Å². The Morgan fingerprint density at radius 1 is 1.17 bits per heavy atom. The average molecular weight is 158 g/mol. The molecule has 12 heavy (non-hydrogen) atoms. The largest absolute Gasteiger partial charge is 0.299 e. The molecule has 2 aliphatic carbocycles. The van der Waals surface area contributed by atoms with Crippen molar-refractivity contribution in [1.82, 2.24) is 0 Å². The number of fused-ring (bicyclic) bond motifs is 3. The van der Waals surface area contributed by atoms with Gasteiger partial charge in [-0.2, -0.15) is 0 Å². The van der Waals surface area contributed by atoms with Gasteiger partial charge in [-0.05, 0) is 23.5 Å². The van der Waals surface area contributed by atoms with Crippen molar-refractivity contribution in [1.29, 1.82) is 0 Å². The molecule has 0 aromatic heterocycles. The van der Waals surface area contributed by atoms with Crippen LogP contribution in [0.3, 0.4) is 0 Å². The first-order valence-electron chi connectivity index (χ1n) is 4.47. The molecule has 1 aromatic carbocycles. The molecule has 1 nitrogen and oxygen atoms in total. The Morgan fingerprint density at radius 3 is 2.83 bits per heavy atom. The van der Waals surface area contributed by atoms with E-state index < -0.39 is 0 Å². The zero-order valence-electron chi connectivity index (χ0n) is 6.79. The standard InChI is InChI=1S/C11H10O/c12-10-6-8-5-7-3-1-2-4-9(7)11(8)10/h1-4,8,11H,5-6H2. The molecule has 3 rings (SSSR count). The van der Waals surface area contributed by atoms with Crippen LogP contribution in [-0.4, -0.2) is 5.78 Å². The zero-order chi connectivity index (χ0) is 8.13. The molecule has 2 unspecified atom stereocenters. The molecule has 0 saturated heterocycles. The van der Waals surface area contributed by atoms with Gasteiger partial charge in [0.25, 0.3) is 0 Å². The summed E-state index contributed by atoms with van der Waals surface area (Å²) >= 11 is 0. The lowest BCUT2D eigenvalue weighted by Gasteiger charge is -2.28. The summed E-state index contributed by atoms with van der Waals surface area (Å²) < 4.78 is 0. The fourth-order valence-corrected chi connectivity index (χ4v) is 2.53. The quantitative estimate of drug-likeness (QED) is 0.563. The van der Waals surface area contributed by atoms with Gasteiger partial charge in [0.05, 0.1) is 0 Å². The van der Waals surface area contributed by atoms with E-state index in [1.807, 2.05) is 6.07 Å². The van der Waals surface area contributed by atoms with Gasteiger partial charge in [-0.3, -0.25) is 4.79 Å².